The van der Waals surface area contributed by atoms with Crippen molar-refractivity contribution in [1.82, 2.24) is 10.3 Å². The number of nitrogens with zero attached hydrogens (tertiary/aromatic N) is 1. The molecule has 0 amide bonds. The molecular formula is C13H29N3O. The lowest BCUT2D eigenvalue weighted by Crippen LogP contribution is -2.64. The standard InChI is InChI=1S/C13H29N3O/c1-5-13(6-2,16(3)4)12(15-14)11-8-7-9-17-10-11/h11-12,15H,5-10,14H2,1-4H3. The molecule has 2 unspecified atom stereocenters. The highest BCUT2D eigenvalue weighted by molar-refractivity contribution is 4.99. The SMILES string of the molecule is CCC(CC)(C(NN)C1CCCOC1)N(C)C. The summed E-state index contributed by atoms with van der Waals surface area (Å²) in [6, 6.07) is 0.299. The number of nitrogens with one attached hydrogen (secondary N) is 1. The van der Waals surface area contributed by atoms with E-state index in [-0.39, 0.29) is 5.54 Å². The van der Waals surface area contributed by atoms with Gasteiger partial charge in [-0.15, -0.1) is 0 Å². The molecule has 3 N–H and O–H groups in total. The third kappa shape index (κ3) is 2.99. The van der Waals surface area contributed by atoms with Crippen molar-refractivity contribution >= 4 is 0 Å². The topological polar surface area (TPSA) is 50.5 Å². The number of hydrogen-bond acceptors (Lipinski definition) is 4. The summed E-state index contributed by atoms with van der Waals surface area (Å²) in [5, 5.41) is 0. The van der Waals surface area contributed by atoms with E-state index < -0.39 is 0 Å². The molecule has 1 aliphatic rings. The fourth-order valence-corrected chi connectivity index (χ4v) is 3.36. The van der Waals surface area contributed by atoms with Gasteiger partial charge in [0.05, 0.1) is 6.61 Å². The summed E-state index contributed by atoms with van der Waals surface area (Å²) in [5.41, 5.74) is 3.20. The Kier molecular flexibility index (Phi) is 5.86. The second-order valence-electron chi connectivity index (χ2n) is 5.33. The molecule has 1 rings (SSSR count). The number of rotatable bonds is 6. The first-order valence-electron chi connectivity index (χ1n) is 6.83. The number of ether oxygens (including phenoxy) is 1. The molecule has 0 aromatic heterocycles. The molecule has 1 aliphatic heterocycles. The van der Waals surface area contributed by atoms with Crippen LogP contribution in [0.1, 0.15) is 39.5 Å². The molecule has 0 radical (unpaired) electrons. The summed E-state index contributed by atoms with van der Waals surface area (Å²) in [6.07, 6.45) is 4.56. The van der Waals surface area contributed by atoms with E-state index in [1.165, 1.54) is 6.42 Å². The summed E-state index contributed by atoms with van der Waals surface area (Å²) >= 11 is 0. The average Bonchev–Trinajstić information content (AvgIpc) is 2.36. The zero-order valence-electron chi connectivity index (χ0n) is 11.8. The molecule has 0 spiro atoms. The van der Waals surface area contributed by atoms with Crippen LogP contribution in [0.15, 0.2) is 0 Å². The van der Waals surface area contributed by atoms with Crippen LogP contribution in [-0.2, 0) is 4.74 Å². The first kappa shape index (κ1) is 14.9. The van der Waals surface area contributed by atoms with Crippen LogP contribution in [0.2, 0.25) is 0 Å². The second kappa shape index (κ2) is 6.69. The zero-order chi connectivity index (χ0) is 12.9. The zero-order valence-corrected chi connectivity index (χ0v) is 11.8. The van der Waals surface area contributed by atoms with Crippen LogP contribution in [0.25, 0.3) is 0 Å². The number of hydrogen-bond donors (Lipinski definition) is 2. The second-order valence-corrected chi connectivity index (χ2v) is 5.33. The highest BCUT2D eigenvalue weighted by atomic mass is 16.5. The fourth-order valence-electron chi connectivity index (χ4n) is 3.36. The van der Waals surface area contributed by atoms with E-state index in [4.69, 9.17) is 10.6 Å². The van der Waals surface area contributed by atoms with Gasteiger partial charge < -0.3 is 9.64 Å². The van der Waals surface area contributed by atoms with Crippen molar-refractivity contribution in [3.05, 3.63) is 0 Å². The smallest absolute Gasteiger partial charge is 0.0510 e. The average molecular weight is 243 g/mol. The van der Waals surface area contributed by atoms with Gasteiger partial charge in [0.25, 0.3) is 0 Å². The van der Waals surface area contributed by atoms with E-state index >= 15 is 0 Å². The predicted octanol–water partition coefficient (Wildman–Crippen LogP) is 1.37. The maximum absolute atomic E-state index is 5.85. The summed E-state index contributed by atoms with van der Waals surface area (Å²) in [6.45, 7) is 6.24. The molecule has 0 aliphatic carbocycles. The van der Waals surface area contributed by atoms with Gasteiger partial charge in [-0.1, -0.05) is 13.8 Å². The number of hydrazine groups is 1. The number of likely N-dealkylation sites (N-methyl/N-ethyl adjacent to an activating group) is 1. The molecule has 1 saturated heterocycles. The maximum atomic E-state index is 5.85. The molecule has 4 nitrogen and oxygen atoms in total. The Balaban J connectivity index is 2.87. The van der Waals surface area contributed by atoms with E-state index in [9.17, 15) is 0 Å². The van der Waals surface area contributed by atoms with Crippen molar-refractivity contribution in [2.75, 3.05) is 27.3 Å². The molecule has 2 atom stereocenters. The highest BCUT2D eigenvalue weighted by Gasteiger charge is 2.42. The van der Waals surface area contributed by atoms with Crippen LogP contribution < -0.4 is 11.3 Å². The van der Waals surface area contributed by atoms with Crippen molar-refractivity contribution in [3.63, 3.8) is 0 Å². The maximum Gasteiger partial charge on any atom is 0.0510 e. The Hall–Kier alpha value is -0.160. The third-order valence-corrected chi connectivity index (χ3v) is 4.54. The van der Waals surface area contributed by atoms with Gasteiger partial charge in [0.2, 0.25) is 0 Å². The Labute approximate surface area is 106 Å². The van der Waals surface area contributed by atoms with Gasteiger partial charge >= 0.3 is 0 Å². The molecule has 1 heterocycles. The van der Waals surface area contributed by atoms with Crippen molar-refractivity contribution < 1.29 is 4.74 Å². The minimum Gasteiger partial charge on any atom is -0.381 e. The lowest BCUT2D eigenvalue weighted by Gasteiger charge is -2.48. The summed E-state index contributed by atoms with van der Waals surface area (Å²) in [4.78, 5) is 2.33. The predicted molar refractivity (Wildman–Crippen MR) is 71.7 cm³/mol. The Morgan fingerprint density at radius 2 is 2.06 bits per heavy atom. The largest absolute Gasteiger partial charge is 0.381 e. The van der Waals surface area contributed by atoms with Crippen LogP contribution >= 0.6 is 0 Å². The lowest BCUT2D eigenvalue weighted by molar-refractivity contribution is -0.0101. The minimum absolute atomic E-state index is 0.125. The third-order valence-electron chi connectivity index (χ3n) is 4.54. The molecule has 1 fully saturated rings. The summed E-state index contributed by atoms with van der Waals surface area (Å²) < 4.78 is 5.61. The molecule has 0 bridgehead atoms. The van der Waals surface area contributed by atoms with Crippen molar-refractivity contribution in [1.29, 1.82) is 0 Å². The Morgan fingerprint density at radius 1 is 1.41 bits per heavy atom. The van der Waals surface area contributed by atoms with Crippen molar-refractivity contribution in [3.8, 4) is 0 Å². The van der Waals surface area contributed by atoms with E-state index in [0.29, 0.717) is 12.0 Å². The fraction of sp³-hybridized carbons (Fsp3) is 1.00. The monoisotopic (exact) mass is 243 g/mol. The van der Waals surface area contributed by atoms with Gasteiger partial charge in [-0.25, -0.2) is 0 Å². The lowest BCUT2D eigenvalue weighted by atomic mass is 9.75. The number of nitrogens with two attached hydrogens (primary N) is 1. The molecule has 102 valence electrons. The minimum atomic E-state index is 0.125. The van der Waals surface area contributed by atoms with Crippen LogP contribution in [-0.4, -0.2) is 43.8 Å². The molecule has 4 heteroatoms. The first-order chi connectivity index (χ1) is 8.12. The van der Waals surface area contributed by atoms with Gasteiger partial charge in [-0.2, -0.15) is 0 Å². The van der Waals surface area contributed by atoms with Crippen LogP contribution in [0.4, 0.5) is 0 Å². The van der Waals surface area contributed by atoms with Gasteiger partial charge in [0.1, 0.15) is 0 Å². The van der Waals surface area contributed by atoms with E-state index in [1.54, 1.807) is 0 Å². The van der Waals surface area contributed by atoms with E-state index in [0.717, 1.165) is 32.5 Å². The van der Waals surface area contributed by atoms with Crippen LogP contribution in [0.5, 0.6) is 0 Å². The van der Waals surface area contributed by atoms with Crippen molar-refractivity contribution in [2.45, 2.75) is 51.1 Å². The van der Waals surface area contributed by atoms with E-state index in [2.05, 4.69) is 38.3 Å². The van der Waals surface area contributed by atoms with Crippen molar-refractivity contribution in [2.24, 2.45) is 11.8 Å². The van der Waals surface area contributed by atoms with Gasteiger partial charge in [-0.05, 0) is 39.8 Å². The van der Waals surface area contributed by atoms with Gasteiger partial charge in [0, 0.05) is 24.1 Å². The van der Waals surface area contributed by atoms with Crippen LogP contribution in [0, 0.1) is 5.92 Å². The van der Waals surface area contributed by atoms with Crippen LogP contribution in [0.3, 0.4) is 0 Å². The normalized spacial score (nSPS) is 24.0. The molecule has 0 aromatic carbocycles. The summed E-state index contributed by atoms with van der Waals surface area (Å²) in [7, 11) is 4.31. The van der Waals surface area contributed by atoms with E-state index in [1.807, 2.05) is 0 Å². The highest BCUT2D eigenvalue weighted by Crippen LogP contribution is 2.32. The quantitative estimate of drug-likeness (QED) is 0.546. The van der Waals surface area contributed by atoms with Gasteiger partial charge in [0.15, 0.2) is 0 Å². The molecular weight excluding hydrogens is 214 g/mol. The summed E-state index contributed by atoms with van der Waals surface area (Å²) in [5.74, 6) is 6.37. The molecule has 0 saturated carbocycles. The van der Waals surface area contributed by atoms with Gasteiger partial charge in [-0.3, -0.25) is 11.3 Å². The molecule has 0 aromatic rings. The molecule has 17 heavy (non-hydrogen) atoms. The Bertz CT molecular complexity index is 211. The Morgan fingerprint density at radius 3 is 2.41 bits per heavy atom. The first-order valence-corrected chi connectivity index (χ1v) is 6.83.